The van der Waals surface area contributed by atoms with Crippen molar-refractivity contribution in [2.24, 2.45) is 11.7 Å². The highest BCUT2D eigenvalue weighted by molar-refractivity contribution is 6.04. The molecule has 1 unspecified atom stereocenters. The molecule has 1 saturated heterocycles. The van der Waals surface area contributed by atoms with Crippen molar-refractivity contribution in [1.82, 2.24) is 14.8 Å². The van der Waals surface area contributed by atoms with E-state index in [1.807, 2.05) is 50.2 Å². The number of aromatic nitrogens is 3. The second-order valence-electron chi connectivity index (χ2n) is 7.89. The van der Waals surface area contributed by atoms with Crippen molar-refractivity contribution in [3.63, 3.8) is 0 Å². The summed E-state index contributed by atoms with van der Waals surface area (Å²) in [7, 11) is 0. The number of nitrogens with two attached hydrogens (primary N) is 1. The van der Waals surface area contributed by atoms with E-state index in [0.29, 0.717) is 17.8 Å². The van der Waals surface area contributed by atoms with Gasteiger partial charge in [-0.15, -0.1) is 0 Å². The maximum atomic E-state index is 12.8. The van der Waals surface area contributed by atoms with Crippen molar-refractivity contribution < 1.29 is 9.59 Å². The fourth-order valence-corrected chi connectivity index (χ4v) is 3.94. The van der Waals surface area contributed by atoms with E-state index in [2.05, 4.69) is 20.3 Å². The monoisotopic (exact) mass is 418 g/mol. The third-order valence-electron chi connectivity index (χ3n) is 5.75. The first kappa shape index (κ1) is 20.6. The summed E-state index contributed by atoms with van der Waals surface area (Å²) >= 11 is 0. The minimum Gasteiger partial charge on any atom is -0.369 e. The maximum absolute atomic E-state index is 12.8. The lowest BCUT2D eigenvalue weighted by molar-refractivity contribution is -0.122. The zero-order valence-corrected chi connectivity index (χ0v) is 17.7. The Hall–Kier alpha value is -3.68. The first-order chi connectivity index (χ1) is 14.9. The average Bonchev–Trinajstić information content (AvgIpc) is 3.16. The molecule has 8 heteroatoms. The average molecular weight is 419 g/mol. The summed E-state index contributed by atoms with van der Waals surface area (Å²) in [4.78, 5) is 30.8. The maximum Gasteiger partial charge on any atom is 0.259 e. The van der Waals surface area contributed by atoms with Crippen molar-refractivity contribution >= 4 is 23.3 Å². The van der Waals surface area contributed by atoms with Crippen molar-refractivity contribution in [2.75, 3.05) is 23.3 Å². The molecule has 8 nitrogen and oxygen atoms in total. The Balaban J connectivity index is 1.46. The highest BCUT2D eigenvalue weighted by Crippen LogP contribution is 2.23. The van der Waals surface area contributed by atoms with Crippen LogP contribution in [0.15, 0.2) is 48.8 Å². The smallest absolute Gasteiger partial charge is 0.259 e. The number of primary amides is 1. The van der Waals surface area contributed by atoms with Gasteiger partial charge in [0.2, 0.25) is 5.91 Å². The quantitative estimate of drug-likeness (QED) is 0.663. The number of pyridine rings is 1. The van der Waals surface area contributed by atoms with Crippen LogP contribution in [0.3, 0.4) is 0 Å². The van der Waals surface area contributed by atoms with Crippen molar-refractivity contribution in [3.8, 4) is 5.69 Å². The van der Waals surface area contributed by atoms with Crippen molar-refractivity contribution in [3.05, 3.63) is 65.6 Å². The summed E-state index contributed by atoms with van der Waals surface area (Å²) in [5, 5.41) is 7.29. The number of carbonyl (C=O) groups is 2. The van der Waals surface area contributed by atoms with E-state index in [1.165, 1.54) is 0 Å². The van der Waals surface area contributed by atoms with Crippen LogP contribution < -0.4 is 16.0 Å². The van der Waals surface area contributed by atoms with Crippen LogP contribution >= 0.6 is 0 Å². The van der Waals surface area contributed by atoms with E-state index < -0.39 is 0 Å². The molecule has 160 valence electrons. The normalized spacial score (nSPS) is 16.2. The molecule has 4 rings (SSSR count). The highest BCUT2D eigenvalue weighted by Gasteiger charge is 2.24. The number of nitrogens with zero attached hydrogens (tertiary/aromatic N) is 4. The summed E-state index contributed by atoms with van der Waals surface area (Å²) in [6.07, 6.45) is 4.92. The first-order valence-electron chi connectivity index (χ1n) is 10.4. The molecule has 1 atom stereocenters. The van der Waals surface area contributed by atoms with Crippen LogP contribution in [0.1, 0.15) is 34.5 Å². The minimum atomic E-state index is -0.268. The van der Waals surface area contributed by atoms with Gasteiger partial charge in [0.05, 0.1) is 40.9 Å². The van der Waals surface area contributed by atoms with E-state index in [9.17, 15) is 9.59 Å². The Labute approximate surface area is 181 Å². The van der Waals surface area contributed by atoms with E-state index in [4.69, 9.17) is 5.73 Å². The second kappa shape index (κ2) is 8.59. The minimum absolute atomic E-state index is 0.150. The predicted octanol–water partition coefficient (Wildman–Crippen LogP) is 2.84. The van der Waals surface area contributed by atoms with E-state index in [-0.39, 0.29) is 17.7 Å². The van der Waals surface area contributed by atoms with Gasteiger partial charge in [0, 0.05) is 13.1 Å². The summed E-state index contributed by atoms with van der Waals surface area (Å²) in [6, 6.07) is 11.6. The Morgan fingerprint density at radius 2 is 1.94 bits per heavy atom. The van der Waals surface area contributed by atoms with Crippen LogP contribution in [0.25, 0.3) is 5.69 Å². The molecule has 2 aromatic heterocycles. The van der Waals surface area contributed by atoms with Crippen LogP contribution in [0.2, 0.25) is 0 Å². The molecule has 3 aromatic rings. The van der Waals surface area contributed by atoms with Gasteiger partial charge in [0.25, 0.3) is 5.91 Å². The Morgan fingerprint density at radius 3 is 2.65 bits per heavy atom. The zero-order chi connectivity index (χ0) is 22.0. The molecular formula is C23H26N6O2. The van der Waals surface area contributed by atoms with Gasteiger partial charge in [-0.2, -0.15) is 5.10 Å². The lowest BCUT2D eigenvalue weighted by Crippen LogP contribution is -2.41. The number of hydrogen-bond acceptors (Lipinski definition) is 5. The first-order valence-corrected chi connectivity index (χ1v) is 10.4. The van der Waals surface area contributed by atoms with Crippen LogP contribution in [0.4, 0.5) is 11.5 Å². The Morgan fingerprint density at radius 1 is 1.13 bits per heavy atom. The van der Waals surface area contributed by atoms with E-state index >= 15 is 0 Å². The Bertz CT molecular complexity index is 1110. The van der Waals surface area contributed by atoms with Gasteiger partial charge in [-0.3, -0.25) is 9.59 Å². The molecule has 0 aliphatic carbocycles. The van der Waals surface area contributed by atoms with E-state index in [0.717, 1.165) is 42.1 Å². The molecule has 1 aliphatic heterocycles. The SMILES string of the molecule is Cc1ccccc1-n1ncc(C(=O)Nc2ccc(N3CCCC(C(N)=O)C3)nc2)c1C. The summed E-state index contributed by atoms with van der Waals surface area (Å²) in [5.41, 5.74) is 9.36. The number of nitrogens with one attached hydrogen (secondary N) is 1. The molecule has 1 fully saturated rings. The number of benzene rings is 1. The third-order valence-corrected chi connectivity index (χ3v) is 5.75. The number of amides is 2. The number of para-hydroxylation sites is 1. The molecule has 2 amide bonds. The number of piperidine rings is 1. The van der Waals surface area contributed by atoms with Crippen LogP contribution in [0, 0.1) is 19.8 Å². The van der Waals surface area contributed by atoms with E-state index in [1.54, 1.807) is 17.1 Å². The third kappa shape index (κ3) is 4.28. The second-order valence-corrected chi connectivity index (χ2v) is 7.89. The van der Waals surface area contributed by atoms with Gasteiger partial charge >= 0.3 is 0 Å². The molecule has 0 spiro atoms. The molecule has 0 bridgehead atoms. The van der Waals surface area contributed by atoms with Crippen LogP contribution in [-0.2, 0) is 4.79 Å². The van der Waals surface area contributed by atoms with Gasteiger partial charge in [0.1, 0.15) is 5.82 Å². The van der Waals surface area contributed by atoms with Crippen molar-refractivity contribution in [2.45, 2.75) is 26.7 Å². The number of rotatable bonds is 5. The molecule has 1 aliphatic rings. The van der Waals surface area contributed by atoms with Gasteiger partial charge in [-0.05, 0) is 50.5 Å². The molecule has 31 heavy (non-hydrogen) atoms. The molecular weight excluding hydrogens is 392 g/mol. The molecule has 1 aromatic carbocycles. The van der Waals surface area contributed by atoms with Gasteiger partial charge in [0.15, 0.2) is 0 Å². The lowest BCUT2D eigenvalue weighted by atomic mass is 9.97. The Kier molecular flexibility index (Phi) is 5.70. The molecule has 0 saturated carbocycles. The lowest BCUT2D eigenvalue weighted by Gasteiger charge is -2.32. The highest BCUT2D eigenvalue weighted by atomic mass is 16.2. The predicted molar refractivity (Wildman–Crippen MR) is 119 cm³/mol. The summed E-state index contributed by atoms with van der Waals surface area (Å²) in [6.45, 7) is 5.30. The fourth-order valence-electron chi connectivity index (χ4n) is 3.94. The summed E-state index contributed by atoms with van der Waals surface area (Å²) < 4.78 is 1.77. The fraction of sp³-hybridized carbons (Fsp3) is 0.304. The summed E-state index contributed by atoms with van der Waals surface area (Å²) in [5.74, 6) is 0.115. The van der Waals surface area contributed by atoms with Crippen LogP contribution in [0.5, 0.6) is 0 Å². The number of hydrogen-bond donors (Lipinski definition) is 2. The topological polar surface area (TPSA) is 106 Å². The van der Waals surface area contributed by atoms with Gasteiger partial charge in [-0.1, -0.05) is 18.2 Å². The van der Waals surface area contributed by atoms with Gasteiger partial charge in [-0.25, -0.2) is 9.67 Å². The number of anilines is 2. The van der Waals surface area contributed by atoms with Gasteiger partial charge < -0.3 is 16.0 Å². The number of aryl methyl sites for hydroxylation is 1. The molecule has 0 radical (unpaired) electrons. The van der Waals surface area contributed by atoms with Crippen molar-refractivity contribution in [1.29, 1.82) is 0 Å². The number of carbonyl (C=O) groups excluding carboxylic acids is 2. The standard InChI is InChI=1S/C23H26N6O2/c1-15-6-3-4-8-20(15)29-16(2)19(13-26-29)23(31)27-18-9-10-21(25-12-18)28-11-5-7-17(14-28)22(24)30/h3-4,6,8-10,12-13,17H,5,7,11,14H2,1-2H3,(H2,24,30)(H,27,31). The molecule has 3 N–H and O–H groups in total. The zero-order valence-electron chi connectivity index (χ0n) is 17.7. The van der Waals surface area contributed by atoms with Crippen LogP contribution in [-0.4, -0.2) is 39.7 Å². The molecule has 3 heterocycles. The largest absolute Gasteiger partial charge is 0.369 e.